The lowest BCUT2D eigenvalue weighted by Gasteiger charge is -2.32. The molecule has 3 heteroatoms. The molecule has 0 N–H and O–H groups in total. The third kappa shape index (κ3) is 1.47. The lowest BCUT2D eigenvalue weighted by molar-refractivity contribution is -0.0510. The molecule has 0 bridgehead atoms. The van der Waals surface area contributed by atoms with Crippen LogP contribution in [0.3, 0.4) is 0 Å². The number of fused-ring (bicyclic) bond motifs is 1. The van der Waals surface area contributed by atoms with Crippen molar-refractivity contribution in [1.82, 2.24) is 0 Å². The van der Waals surface area contributed by atoms with Crippen LogP contribution in [0.2, 0.25) is 0 Å². The van der Waals surface area contributed by atoms with Gasteiger partial charge in [-0.1, -0.05) is 12.1 Å². The van der Waals surface area contributed by atoms with Crippen LogP contribution in [0.1, 0.15) is 0 Å². The number of anilines is 1. The van der Waals surface area contributed by atoms with Gasteiger partial charge >= 0.3 is 0 Å². The second kappa shape index (κ2) is 3.26. The molecule has 3 nitrogen and oxygen atoms in total. The van der Waals surface area contributed by atoms with Crippen LogP contribution in [0, 0.1) is 0 Å². The largest absolute Gasteiger partial charge is 0.461 e. The maximum absolute atomic E-state index is 5.59. The maximum atomic E-state index is 5.59. The summed E-state index contributed by atoms with van der Waals surface area (Å²) in [4.78, 5) is 2.13. The summed E-state index contributed by atoms with van der Waals surface area (Å²) < 4.78 is 10.7. The van der Waals surface area contributed by atoms with Crippen molar-refractivity contribution in [3.63, 3.8) is 0 Å². The van der Waals surface area contributed by atoms with Gasteiger partial charge in [0.05, 0.1) is 12.2 Å². The number of nitrogens with zero attached hydrogens (tertiary/aromatic N) is 1. The molecule has 70 valence electrons. The molecule has 0 saturated heterocycles. The second-order valence-corrected chi connectivity index (χ2v) is 3.13. The van der Waals surface area contributed by atoms with Gasteiger partial charge < -0.3 is 14.4 Å². The summed E-state index contributed by atoms with van der Waals surface area (Å²) in [6, 6.07) is 7.97. The van der Waals surface area contributed by atoms with E-state index in [0.717, 1.165) is 18.0 Å². The molecule has 1 aromatic rings. The fourth-order valence-corrected chi connectivity index (χ4v) is 1.50. The van der Waals surface area contributed by atoms with Crippen LogP contribution in [-0.2, 0) is 4.74 Å². The van der Waals surface area contributed by atoms with Crippen molar-refractivity contribution < 1.29 is 9.47 Å². The van der Waals surface area contributed by atoms with Crippen molar-refractivity contribution in [2.45, 2.75) is 6.29 Å². The molecule has 2 rings (SSSR count). The van der Waals surface area contributed by atoms with E-state index in [0.29, 0.717) is 0 Å². The molecule has 0 amide bonds. The summed E-state index contributed by atoms with van der Waals surface area (Å²) in [5.41, 5.74) is 1.12. The fraction of sp³-hybridized carbons (Fsp3) is 0.400. The average molecular weight is 179 g/mol. The molecular formula is C10H13NO2. The lowest BCUT2D eigenvalue weighted by atomic mass is 10.2. The van der Waals surface area contributed by atoms with Crippen molar-refractivity contribution in [3.8, 4) is 5.75 Å². The van der Waals surface area contributed by atoms with Gasteiger partial charge in [-0.2, -0.15) is 0 Å². The van der Waals surface area contributed by atoms with E-state index in [4.69, 9.17) is 9.47 Å². The summed E-state index contributed by atoms with van der Waals surface area (Å²) >= 11 is 0. The van der Waals surface area contributed by atoms with E-state index in [2.05, 4.69) is 4.90 Å². The summed E-state index contributed by atoms with van der Waals surface area (Å²) in [6.07, 6.45) is -0.153. The first-order chi connectivity index (χ1) is 6.31. The molecule has 1 aliphatic rings. The van der Waals surface area contributed by atoms with E-state index in [1.807, 2.05) is 31.3 Å². The minimum atomic E-state index is -0.153. The molecule has 1 aliphatic heterocycles. The van der Waals surface area contributed by atoms with Gasteiger partial charge in [-0.25, -0.2) is 0 Å². The molecular weight excluding hydrogens is 166 g/mol. The average Bonchev–Trinajstić information content (AvgIpc) is 2.18. The number of methoxy groups -OCH3 is 1. The molecule has 0 radical (unpaired) electrons. The molecule has 0 fully saturated rings. The quantitative estimate of drug-likeness (QED) is 0.652. The van der Waals surface area contributed by atoms with Gasteiger partial charge in [0.15, 0.2) is 0 Å². The zero-order valence-corrected chi connectivity index (χ0v) is 7.86. The van der Waals surface area contributed by atoms with Crippen molar-refractivity contribution in [1.29, 1.82) is 0 Å². The first-order valence-corrected chi connectivity index (χ1v) is 4.31. The second-order valence-electron chi connectivity index (χ2n) is 3.13. The fourth-order valence-electron chi connectivity index (χ4n) is 1.50. The topological polar surface area (TPSA) is 21.7 Å². The number of likely N-dealkylation sites (N-methyl/N-ethyl adjacent to an activating group) is 1. The molecule has 0 unspecified atom stereocenters. The Balaban J connectivity index is 2.31. The highest BCUT2D eigenvalue weighted by Crippen LogP contribution is 2.31. The Morgan fingerprint density at radius 1 is 1.46 bits per heavy atom. The summed E-state index contributed by atoms with van der Waals surface area (Å²) in [5, 5.41) is 0. The molecule has 0 saturated carbocycles. The molecule has 0 aliphatic carbocycles. The molecule has 1 atom stereocenters. The highest BCUT2D eigenvalue weighted by Gasteiger charge is 2.21. The number of hydrogen-bond donors (Lipinski definition) is 0. The highest BCUT2D eigenvalue weighted by molar-refractivity contribution is 5.59. The number of hydrogen-bond acceptors (Lipinski definition) is 3. The third-order valence-corrected chi connectivity index (χ3v) is 2.22. The van der Waals surface area contributed by atoms with Crippen molar-refractivity contribution >= 4 is 5.69 Å². The number of benzene rings is 1. The molecule has 1 aromatic carbocycles. The normalized spacial score (nSPS) is 20.8. The van der Waals surface area contributed by atoms with Gasteiger partial charge in [-0.15, -0.1) is 0 Å². The number of para-hydroxylation sites is 2. The van der Waals surface area contributed by atoms with Crippen LogP contribution in [0.25, 0.3) is 0 Å². The zero-order valence-electron chi connectivity index (χ0n) is 7.86. The zero-order chi connectivity index (χ0) is 9.26. The predicted molar refractivity (Wildman–Crippen MR) is 51.1 cm³/mol. The first kappa shape index (κ1) is 8.38. The van der Waals surface area contributed by atoms with E-state index in [9.17, 15) is 0 Å². The summed E-state index contributed by atoms with van der Waals surface area (Å²) in [6.45, 7) is 0.771. The minimum Gasteiger partial charge on any atom is -0.461 e. The van der Waals surface area contributed by atoms with Crippen molar-refractivity contribution in [3.05, 3.63) is 24.3 Å². The van der Waals surface area contributed by atoms with Crippen LogP contribution in [0.15, 0.2) is 24.3 Å². The molecule has 1 heterocycles. The molecule has 0 aromatic heterocycles. The summed E-state index contributed by atoms with van der Waals surface area (Å²) in [7, 11) is 3.69. The third-order valence-electron chi connectivity index (χ3n) is 2.22. The Labute approximate surface area is 77.9 Å². The van der Waals surface area contributed by atoms with E-state index in [1.165, 1.54) is 0 Å². The monoisotopic (exact) mass is 179 g/mol. The van der Waals surface area contributed by atoms with E-state index in [1.54, 1.807) is 7.11 Å². The first-order valence-electron chi connectivity index (χ1n) is 4.31. The molecule has 0 spiro atoms. The Kier molecular flexibility index (Phi) is 2.10. The number of rotatable bonds is 1. The lowest BCUT2D eigenvalue weighted by Crippen LogP contribution is -2.38. The predicted octanol–water partition coefficient (Wildman–Crippen LogP) is 1.49. The van der Waals surface area contributed by atoms with Gasteiger partial charge in [-0.3, -0.25) is 0 Å². The number of ether oxygens (including phenoxy) is 2. The van der Waals surface area contributed by atoms with E-state index >= 15 is 0 Å². The van der Waals surface area contributed by atoms with E-state index in [-0.39, 0.29) is 6.29 Å². The van der Waals surface area contributed by atoms with Crippen LogP contribution in [-0.4, -0.2) is 27.0 Å². The van der Waals surface area contributed by atoms with Gasteiger partial charge in [0.1, 0.15) is 5.75 Å². The van der Waals surface area contributed by atoms with Crippen molar-refractivity contribution in [2.75, 3.05) is 25.6 Å². The van der Waals surface area contributed by atoms with Gasteiger partial charge in [0.2, 0.25) is 6.29 Å². The van der Waals surface area contributed by atoms with Crippen LogP contribution in [0.5, 0.6) is 5.75 Å². The van der Waals surface area contributed by atoms with Gasteiger partial charge in [-0.05, 0) is 12.1 Å². The van der Waals surface area contributed by atoms with Gasteiger partial charge in [0, 0.05) is 14.2 Å². The SMILES string of the molecule is CO[C@@H]1CN(C)c2ccccc2O1. The Morgan fingerprint density at radius 3 is 3.00 bits per heavy atom. The minimum absolute atomic E-state index is 0.153. The van der Waals surface area contributed by atoms with Crippen molar-refractivity contribution in [2.24, 2.45) is 0 Å². The highest BCUT2D eigenvalue weighted by atomic mass is 16.7. The van der Waals surface area contributed by atoms with Crippen LogP contribution >= 0.6 is 0 Å². The smallest absolute Gasteiger partial charge is 0.217 e. The van der Waals surface area contributed by atoms with Gasteiger partial charge in [0.25, 0.3) is 0 Å². The Hall–Kier alpha value is -1.22. The molecule has 13 heavy (non-hydrogen) atoms. The standard InChI is InChI=1S/C10H13NO2/c1-11-7-10(12-2)13-9-6-4-3-5-8(9)11/h3-6,10H,7H2,1-2H3/t10-/m0/s1. The summed E-state index contributed by atoms with van der Waals surface area (Å²) in [5.74, 6) is 0.892. The van der Waals surface area contributed by atoms with Crippen LogP contribution in [0.4, 0.5) is 5.69 Å². The Bertz CT molecular complexity index is 301. The van der Waals surface area contributed by atoms with E-state index < -0.39 is 0 Å². The Morgan fingerprint density at radius 2 is 2.23 bits per heavy atom. The maximum Gasteiger partial charge on any atom is 0.217 e. The van der Waals surface area contributed by atoms with Crippen LogP contribution < -0.4 is 9.64 Å².